The van der Waals surface area contributed by atoms with Gasteiger partial charge < -0.3 is 4.57 Å². The smallest absolute Gasteiger partial charge is 0.166 e. The van der Waals surface area contributed by atoms with Crippen molar-refractivity contribution in [2.24, 2.45) is 0 Å². The van der Waals surface area contributed by atoms with Gasteiger partial charge in [-0.1, -0.05) is 115 Å². The van der Waals surface area contributed by atoms with E-state index in [1.807, 2.05) is 97.1 Å². The van der Waals surface area contributed by atoms with Crippen molar-refractivity contribution in [2.45, 2.75) is 0 Å². The van der Waals surface area contributed by atoms with Crippen LogP contribution in [-0.2, 0) is 0 Å². The normalized spacial score (nSPS) is 11.2. The molecule has 0 aliphatic rings. The van der Waals surface area contributed by atoms with Gasteiger partial charge in [0.05, 0.1) is 28.4 Å². The van der Waals surface area contributed by atoms with Crippen molar-refractivity contribution in [3.8, 4) is 68.2 Å². The van der Waals surface area contributed by atoms with Crippen LogP contribution >= 0.6 is 0 Å². The van der Waals surface area contributed by atoms with Crippen molar-refractivity contribution in [1.29, 1.82) is 5.26 Å². The van der Waals surface area contributed by atoms with Gasteiger partial charge in [-0.25, -0.2) is 19.3 Å². The Bertz CT molecular complexity index is 2740. The first-order valence-corrected chi connectivity index (χ1v) is 16.9. The monoisotopic (exact) mass is 669 g/mol. The third-order valence-corrected chi connectivity index (χ3v) is 9.35. The van der Waals surface area contributed by atoms with E-state index in [4.69, 9.17) is 15.0 Å². The van der Waals surface area contributed by atoms with Gasteiger partial charge >= 0.3 is 0 Å². The van der Waals surface area contributed by atoms with Crippen LogP contribution in [0, 0.1) is 17.1 Å². The lowest BCUT2D eigenvalue weighted by atomic mass is 10.0. The summed E-state index contributed by atoms with van der Waals surface area (Å²) in [5.74, 6) is 1.39. The van der Waals surface area contributed by atoms with Crippen LogP contribution in [0.4, 0.5) is 4.39 Å². The highest BCUT2D eigenvalue weighted by molar-refractivity contribution is 6.11. The van der Waals surface area contributed by atoms with E-state index in [1.54, 1.807) is 12.1 Å². The summed E-state index contributed by atoms with van der Waals surface area (Å²) in [5, 5.41) is 11.7. The van der Waals surface area contributed by atoms with Crippen LogP contribution in [0.3, 0.4) is 0 Å². The molecule has 0 aliphatic heterocycles. The second-order valence-electron chi connectivity index (χ2n) is 12.6. The zero-order valence-corrected chi connectivity index (χ0v) is 27.8. The second kappa shape index (κ2) is 12.9. The summed E-state index contributed by atoms with van der Waals surface area (Å²) >= 11 is 0. The fourth-order valence-electron chi connectivity index (χ4n) is 6.84. The minimum atomic E-state index is -0.286. The standard InChI is InChI=1S/C46H28FN5/c47-37-22-18-31(19-23-37)36-20-24-39(46-50-44(32-11-3-1-4-12-32)49-45(51-46)33-13-5-2-6-14-33)43(28-36)52-41-17-8-7-16-38(41)40-27-35(21-25-42(40)52)34-15-9-10-30(26-34)29-48/h1-28H. The van der Waals surface area contributed by atoms with Crippen molar-refractivity contribution in [1.82, 2.24) is 19.5 Å². The first-order chi connectivity index (χ1) is 25.6. The highest BCUT2D eigenvalue weighted by atomic mass is 19.1. The molecule has 0 amide bonds. The van der Waals surface area contributed by atoms with Gasteiger partial charge in [-0.3, -0.25) is 0 Å². The molecule has 5 nitrogen and oxygen atoms in total. The number of hydrogen-bond donors (Lipinski definition) is 0. The van der Waals surface area contributed by atoms with Gasteiger partial charge in [0.15, 0.2) is 17.5 Å². The number of fused-ring (bicyclic) bond motifs is 3. The van der Waals surface area contributed by atoms with Gasteiger partial charge in [-0.2, -0.15) is 5.26 Å². The Morgan fingerprint density at radius 2 is 1.00 bits per heavy atom. The quantitative estimate of drug-likeness (QED) is 0.177. The fraction of sp³-hybridized carbons (Fsp3) is 0. The molecule has 0 N–H and O–H groups in total. The Labute approximate surface area is 299 Å². The Balaban J connectivity index is 1.33. The van der Waals surface area contributed by atoms with E-state index in [1.165, 1.54) is 12.1 Å². The molecule has 0 spiro atoms. The van der Waals surface area contributed by atoms with E-state index in [2.05, 4.69) is 59.2 Å². The second-order valence-corrected chi connectivity index (χ2v) is 12.6. The van der Waals surface area contributed by atoms with Crippen molar-refractivity contribution in [3.05, 3.63) is 181 Å². The van der Waals surface area contributed by atoms with E-state index < -0.39 is 0 Å². The third kappa shape index (κ3) is 5.57. The molecule has 9 aromatic rings. The average molecular weight is 670 g/mol. The largest absolute Gasteiger partial charge is 0.308 e. The fourth-order valence-corrected chi connectivity index (χ4v) is 6.84. The van der Waals surface area contributed by atoms with E-state index in [9.17, 15) is 9.65 Å². The summed E-state index contributed by atoms with van der Waals surface area (Å²) in [6, 6.07) is 57.4. The van der Waals surface area contributed by atoms with E-state index in [0.29, 0.717) is 23.0 Å². The zero-order valence-electron chi connectivity index (χ0n) is 27.8. The van der Waals surface area contributed by atoms with E-state index >= 15 is 0 Å². The molecule has 2 heterocycles. The number of para-hydroxylation sites is 1. The molecule has 0 fully saturated rings. The van der Waals surface area contributed by atoms with Crippen LogP contribution in [0.25, 0.3) is 83.9 Å². The molecular formula is C46H28FN5. The predicted octanol–water partition coefficient (Wildman–Crippen LogP) is 11.3. The van der Waals surface area contributed by atoms with Crippen LogP contribution < -0.4 is 0 Å². The lowest BCUT2D eigenvalue weighted by molar-refractivity contribution is 0.628. The lowest BCUT2D eigenvalue weighted by Gasteiger charge is -2.16. The van der Waals surface area contributed by atoms with Crippen LogP contribution in [0.2, 0.25) is 0 Å². The molecule has 0 unspecified atom stereocenters. The molecule has 2 aromatic heterocycles. The Morgan fingerprint density at radius 1 is 0.442 bits per heavy atom. The molecule has 7 aromatic carbocycles. The molecule has 0 aliphatic carbocycles. The highest BCUT2D eigenvalue weighted by Crippen LogP contribution is 2.39. The molecule has 52 heavy (non-hydrogen) atoms. The van der Waals surface area contributed by atoms with Crippen LogP contribution in [0.15, 0.2) is 170 Å². The van der Waals surface area contributed by atoms with Crippen molar-refractivity contribution < 1.29 is 4.39 Å². The summed E-state index contributed by atoms with van der Waals surface area (Å²) in [5.41, 5.74) is 9.90. The molecule has 0 saturated carbocycles. The van der Waals surface area contributed by atoms with Crippen LogP contribution in [0.1, 0.15) is 5.56 Å². The minimum Gasteiger partial charge on any atom is -0.308 e. The summed E-state index contributed by atoms with van der Waals surface area (Å²) in [7, 11) is 0. The molecule has 0 bridgehead atoms. The SMILES string of the molecule is N#Cc1cccc(-c2ccc3c(c2)c2ccccc2n3-c2cc(-c3ccc(F)cc3)ccc2-c2nc(-c3ccccc3)nc(-c3ccccc3)n2)c1. The number of hydrogen-bond acceptors (Lipinski definition) is 4. The lowest BCUT2D eigenvalue weighted by Crippen LogP contribution is -2.04. The van der Waals surface area contributed by atoms with Crippen molar-refractivity contribution >= 4 is 21.8 Å². The topological polar surface area (TPSA) is 67.4 Å². The maximum atomic E-state index is 14.1. The van der Waals surface area contributed by atoms with Gasteiger partial charge in [0.2, 0.25) is 0 Å². The zero-order chi connectivity index (χ0) is 35.0. The molecule has 0 saturated heterocycles. The van der Waals surface area contributed by atoms with E-state index in [0.717, 1.165) is 66.4 Å². The molecule has 0 radical (unpaired) electrons. The maximum absolute atomic E-state index is 14.1. The van der Waals surface area contributed by atoms with E-state index in [-0.39, 0.29) is 5.82 Å². The van der Waals surface area contributed by atoms with Gasteiger partial charge in [0.1, 0.15) is 5.82 Å². The number of benzene rings is 7. The summed E-state index contributed by atoms with van der Waals surface area (Å²) in [6.07, 6.45) is 0. The van der Waals surface area contributed by atoms with Gasteiger partial charge in [0.25, 0.3) is 0 Å². The Morgan fingerprint density at radius 3 is 1.71 bits per heavy atom. The van der Waals surface area contributed by atoms with Gasteiger partial charge in [0, 0.05) is 27.5 Å². The number of rotatable bonds is 6. The van der Waals surface area contributed by atoms with Gasteiger partial charge in [-0.05, 0) is 76.9 Å². The molecular weight excluding hydrogens is 642 g/mol. The summed E-state index contributed by atoms with van der Waals surface area (Å²) < 4.78 is 16.3. The first kappa shape index (κ1) is 30.8. The first-order valence-electron chi connectivity index (χ1n) is 16.9. The van der Waals surface area contributed by atoms with Crippen LogP contribution in [0.5, 0.6) is 0 Å². The maximum Gasteiger partial charge on any atom is 0.166 e. The average Bonchev–Trinajstić information content (AvgIpc) is 3.55. The molecule has 0 atom stereocenters. The number of nitriles is 1. The summed E-state index contributed by atoms with van der Waals surface area (Å²) in [4.78, 5) is 15.1. The molecule has 6 heteroatoms. The van der Waals surface area contributed by atoms with Crippen LogP contribution in [-0.4, -0.2) is 19.5 Å². The third-order valence-electron chi connectivity index (χ3n) is 9.35. The number of nitrogens with zero attached hydrogens (tertiary/aromatic N) is 5. The number of halogens is 1. The van der Waals surface area contributed by atoms with Crippen molar-refractivity contribution in [3.63, 3.8) is 0 Å². The van der Waals surface area contributed by atoms with Gasteiger partial charge in [-0.15, -0.1) is 0 Å². The molecule has 9 rings (SSSR count). The predicted molar refractivity (Wildman–Crippen MR) is 206 cm³/mol. The molecule has 244 valence electrons. The highest BCUT2D eigenvalue weighted by Gasteiger charge is 2.21. The summed E-state index contributed by atoms with van der Waals surface area (Å²) in [6.45, 7) is 0. The minimum absolute atomic E-state index is 0.286. The Kier molecular flexibility index (Phi) is 7.64. The number of aromatic nitrogens is 4. The Hall–Kier alpha value is -7.23. The van der Waals surface area contributed by atoms with Crippen molar-refractivity contribution in [2.75, 3.05) is 0 Å².